The van der Waals surface area contributed by atoms with Crippen LogP contribution in [0.25, 0.3) is 11.2 Å². The summed E-state index contributed by atoms with van der Waals surface area (Å²) in [4.78, 5) is 42.2. The summed E-state index contributed by atoms with van der Waals surface area (Å²) in [6.07, 6.45) is 2.01. The van der Waals surface area contributed by atoms with E-state index in [-0.39, 0.29) is 11.6 Å². The molecule has 3 aromatic carbocycles. The first-order valence-corrected chi connectivity index (χ1v) is 14.9. The first-order chi connectivity index (χ1) is 22.4. The molecule has 1 fully saturated rings. The van der Waals surface area contributed by atoms with Gasteiger partial charge in [0.25, 0.3) is 5.69 Å². The number of nitrogens with one attached hydrogen (secondary N) is 1. The second kappa shape index (κ2) is 13.5. The number of benzene rings is 3. The van der Waals surface area contributed by atoms with Gasteiger partial charge in [0.05, 0.1) is 38.4 Å². The zero-order chi connectivity index (χ0) is 32.0. The van der Waals surface area contributed by atoms with Gasteiger partial charge in [-0.3, -0.25) is 14.9 Å². The molecule has 0 unspecified atom stereocenters. The highest BCUT2D eigenvalue weighted by Gasteiger charge is 2.25. The molecule has 1 saturated heterocycles. The maximum atomic E-state index is 13.1. The summed E-state index contributed by atoms with van der Waals surface area (Å²) in [7, 11) is 3.25. The molecule has 0 spiro atoms. The smallest absolute Gasteiger partial charge is 0.269 e. The zero-order valence-electron chi connectivity index (χ0n) is 25.6. The fourth-order valence-electron chi connectivity index (χ4n) is 5.49. The Morgan fingerprint density at radius 1 is 0.935 bits per heavy atom. The summed E-state index contributed by atoms with van der Waals surface area (Å²) < 4.78 is 12.7. The molecule has 236 valence electrons. The standard InChI is InChI=1S/C33H34N8O5/c1-45-27-8-5-6-24(18-27)19-29(42)38-14-16-39(17-15-38)33-36-31(34-20-25-7-3-4-9-28(25)46-2)30-32(37-33)40(22-35-30)21-23-10-12-26(13-11-23)41(43)44/h3-13,18,22H,14-17,19-21H2,1-2H3,(H,34,36,37). The summed E-state index contributed by atoms with van der Waals surface area (Å²) in [6, 6.07) is 21.8. The predicted octanol–water partition coefficient (Wildman–Crippen LogP) is 4.30. The SMILES string of the molecule is COc1cccc(CC(=O)N2CCN(c3nc(NCc4ccccc4OC)c4ncn(Cc5ccc([N+](=O)[O-])cc5)c4n3)CC2)c1. The third-order valence-electron chi connectivity index (χ3n) is 8.00. The number of nitro benzene ring substituents is 1. The van der Waals surface area contributed by atoms with E-state index < -0.39 is 4.92 Å². The maximum absolute atomic E-state index is 13.1. The molecule has 0 atom stereocenters. The van der Waals surface area contributed by atoms with Crippen molar-refractivity contribution in [1.82, 2.24) is 24.4 Å². The lowest BCUT2D eigenvalue weighted by atomic mass is 10.1. The molecule has 13 nitrogen and oxygen atoms in total. The number of anilines is 2. The Balaban J connectivity index is 1.24. The maximum Gasteiger partial charge on any atom is 0.269 e. The molecule has 1 aliphatic rings. The number of non-ortho nitro benzene ring substituents is 1. The van der Waals surface area contributed by atoms with Crippen LogP contribution in [-0.4, -0.2) is 75.6 Å². The minimum atomic E-state index is -0.415. The van der Waals surface area contributed by atoms with Gasteiger partial charge >= 0.3 is 0 Å². The van der Waals surface area contributed by atoms with Crippen LogP contribution in [0.3, 0.4) is 0 Å². The highest BCUT2D eigenvalue weighted by atomic mass is 16.6. The number of fused-ring (bicyclic) bond motifs is 1. The number of methoxy groups -OCH3 is 2. The van der Waals surface area contributed by atoms with E-state index in [1.807, 2.05) is 58.0 Å². The number of aromatic nitrogens is 4. The average Bonchev–Trinajstić information content (AvgIpc) is 3.50. The lowest BCUT2D eigenvalue weighted by Gasteiger charge is -2.35. The van der Waals surface area contributed by atoms with Crippen molar-refractivity contribution in [2.24, 2.45) is 0 Å². The molecular weight excluding hydrogens is 588 g/mol. The van der Waals surface area contributed by atoms with Crippen LogP contribution < -0.4 is 19.7 Å². The Bertz CT molecular complexity index is 1850. The van der Waals surface area contributed by atoms with E-state index in [1.165, 1.54) is 12.1 Å². The Morgan fingerprint density at radius 3 is 2.46 bits per heavy atom. The number of imidazole rings is 1. The number of amides is 1. The van der Waals surface area contributed by atoms with Crippen LogP contribution in [0.1, 0.15) is 16.7 Å². The Kier molecular flexibility index (Phi) is 8.90. The lowest BCUT2D eigenvalue weighted by Crippen LogP contribution is -2.49. The normalized spacial score (nSPS) is 13.1. The van der Waals surface area contributed by atoms with Gasteiger partial charge in [-0.15, -0.1) is 0 Å². The van der Waals surface area contributed by atoms with Crippen molar-refractivity contribution in [2.45, 2.75) is 19.5 Å². The number of rotatable bonds is 11. The van der Waals surface area contributed by atoms with Crippen LogP contribution in [0.15, 0.2) is 79.1 Å². The highest BCUT2D eigenvalue weighted by Crippen LogP contribution is 2.26. The molecule has 1 amide bonds. The van der Waals surface area contributed by atoms with Crippen LogP contribution in [0.5, 0.6) is 11.5 Å². The van der Waals surface area contributed by atoms with Crippen molar-refractivity contribution < 1.29 is 19.2 Å². The van der Waals surface area contributed by atoms with Crippen molar-refractivity contribution in [3.63, 3.8) is 0 Å². The summed E-state index contributed by atoms with van der Waals surface area (Å²) >= 11 is 0. The van der Waals surface area contributed by atoms with Crippen molar-refractivity contribution in [3.05, 3.63) is 106 Å². The van der Waals surface area contributed by atoms with Crippen LogP contribution >= 0.6 is 0 Å². The van der Waals surface area contributed by atoms with E-state index in [1.54, 1.807) is 32.7 Å². The third kappa shape index (κ3) is 6.67. The second-order valence-corrected chi connectivity index (χ2v) is 10.9. The monoisotopic (exact) mass is 622 g/mol. The minimum absolute atomic E-state index is 0.0350. The number of piperazine rings is 1. The number of carbonyl (C=O) groups is 1. The number of hydrogen-bond donors (Lipinski definition) is 1. The number of carbonyl (C=O) groups excluding carboxylic acids is 1. The fraction of sp³-hybridized carbons (Fsp3) is 0.273. The van der Waals surface area contributed by atoms with Gasteiger partial charge in [-0.25, -0.2) is 4.98 Å². The molecule has 13 heteroatoms. The van der Waals surface area contributed by atoms with E-state index in [4.69, 9.17) is 19.4 Å². The first kappa shape index (κ1) is 30.3. The lowest BCUT2D eigenvalue weighted by molar-refractivity contribution is -0.384. The largest absolute Gasteiger partial charge is 0.497 e. The van der Waals surface area contributed by atoms with E-state index in [9.17, 15) is 14.9 Å². The van der Waals surface area contributed by atoms with Gasteiger partial charge in [0, 0.05) is 50.4 Å². The predicted molar refractivity (Wildman–Crippen MR) is 173 cm³/mol. The van der Waals surface area contributed by atoms with E-state index in [0.717, 1.165) is 28.2 Å². The van der Waals surface area contributed by atoms with Gasteiger partial charge in [0.2, 0.25) is 11.9 Å². The summed E-state index contributed by atoms with van der Waals surface area (Å²) in [5, 5.41) is 14.6. The van der Waals surface area contributed by atoms with Crippen LogP contribution in [0.4, 0.5) is 17.5 Å². The number of nitrogens with zero attached hydrogens (tertiary/aromatic N) is 7. The Labute approximate surface area is 265 Å². The van der Waals surface area contributed by atoms with E-state index in [2.05, 4.69) is 15.2 Å². The highest BCUT2D eigenvalue weighted by molar-refractivity contribution is 5.84. The minimum Gasteiger partial charge on any atom is -0.497 e. The van der Waals surface area contributed by atoms with E-state index >= 15 is 0 Å². The summed E-state index contributed by atoms with van der Waals surface area (Å²) in [6.45, 7) is 3.09. The van der Waals surface area contributed by atoms with Gasteiger partial charge in [-0.1, -0.05) is 42.5 Å². The van der Waals surface area contributed by atoms with Gasteiger partial charge in [-0.2, -0.15) is 9.97 Å². The van der Waals surface area contributed by atoms with Crippen molar-refractivity contribution in [3.8, 4) is 11.5 Å². The molecule has 46 heavy (non-hydrogen) atoms. The van der Waals surface area contributed by atoms with Crippen LogP contribution in [-0.2, 0) is 24.3 Å². The van der Waals surface area contributed by atoms with E-state index in [0.29, 0.717) is 68.6 Å². The number of para-hydroxylation sites is 1. The molecule has 0 radical (unpaired) electrons. The molecule has 5 aromatic rings. The Morgan fingerprint density at radius 2 is 1.72 bits per heavy atom. The van der Waals surface area contributed by atoms with Gasteiger partial charge in [-0.05, 0) is 29.3 Å². The summed E-state index contributed by atoms with van der Waals surface area (Å²) in [5.41, 5.74) is 4.01. The van der Waals surface area contributed by atoms with Gasteiger partial charge < -0.3 is 29.2 Å². The molecule has 0 saturated carbocycles. The van der Waals surface area contributed by atoms with Crippen molar-refractivity contribution in [1.29, 1.82) is 0 Å². The summed E-state index contributed by atoms with van der Waals surface area (Å²) in [5.74, 6) is 2.65. The number of hydrogen-bond acceptors (Lipinski definition) is 10. The fourth-order valence-corrected chi connectivity index (χ4v) is 5.49. The second-order valence-electron chi connectivity index (χ2n) is 10.9. The van der Waals surface area contributed by atoms with Crippen molar-refractivity contribution >= 4 is 34.5 Å². The molecule has 6 rings (SSSR count). The Hall–Kier alpha value is -5.72. The number of ether oxygens (including phenoxy) is 2. The molecule has 0 aliphatic carbocycles. The van der Waals surface area contributed by atoms with Crippen LogP contribution in [0.2, 0.25) is 0 Å². The zero-order valence-corrected chi connectivity index (χ0v) is 25.6. The molecule has 1 N–H and O–H groups in total. The molecule has 0 bridgehead atoms. The topological polar surface area (TPSA) is 141 Å². The van der Waals surface area contributed by atoms with Gasteiger partial charge in [0.1, 0.15) is 11.5 Å². The van der Waals surface area contributed by atoms with Crippen LogP contribution in [0, 0.1) is 10.1 Å². The quantitative estimate of drug-likeness (QED) is 0.167. The molecule has 2 aromatic heterocycles. The molecule has 1 aliphatic heterocycles. The van der Waals surface area contributed by atoms with Gasteiger partial charge in [0.15, 0.2) is 17.0 Å². The third-order valence-corrected chi connectivity index (χ3v) is 8.00. The number of nitro groups is 1. The molecular formula is C33H34N8O5. The molecule has 3 heterocycles. The first-order valence-electron chi connectivity index (χ1n) is 14.9. The van der Waals surface area contributed by atoms with Crippen molar-refractivity contribution in [2.75, 3.05) is 50.6 Å². The average molecular weight is 623 g/mol.